The maximum Gasteiger partial charge on any atom is 0.252 e. The third-order valence-corrected chi connectivity index (χ3v) is 4.78. The highest BCUT2D eigenvalue weighted by molar-refractivity contribution is 5.93. The minimum atomic E-state index is -0.199. The van der Waals surface area contributed by atoms with E-state index in [9.17, 15) is 10.1 Å². The number of aromatic nitrogens is 8. The van der Waals surface area contributed by atoms with Crippen molar-refractivity contribution < 1.29 is 4.79 Å². The SMILES string of the molecule is CC(=O)Nc1ccccc1-c1nc2c(N=Nc3c(C#N)cnn3-c3ncccn3)c(C)[nH]n2n1. The Hall–Kier alpha value is -5.25. The fourth-order valence-electron chi connectivity index (χ4n) is 3.29. The van der Waals surface area contributed by atoms with Crippen LogP contribution in [0.1, 0.15) is 18.2 Å². The molecule has 0 aliphatic heterocycles. The van der Waals surface area contributed by atoms with Crippen LogP contribution in [0.2, 0.25) is 0 Å². The third-order valence-electron chi connectivity index (χ3n) is 4.78. The summed E-state index contributed by atoms with van der Waals surface area (Å²) in [5.41, 5.74) is 2.98. The molecule has 1 amide bonds. The van der Waals surface area contributed by atoms with E-state index in [1.807, 2.05) is 24.3 Å². The van der Waals surface area contributed by atoms with Crippen LogP contribution in [0, 0.1) is 18.3 Å². The molecule has 4 aromatic heterocycles. The van der Waals surface area contributed by atoms with Gasteiger partial charge in [0.2, 0.25) is 11.6 Å². The Kier molecular flexibility index (Phi) is 5.07. The first-order valence-corrected chi connectivity index (χ1v) is 10.0. The van der Waals surface area contributed by atoms with Gasteiger partial charge in [0.15, 0.2) is 17.3 Å². The number of aryl methyl sites for hydroxylation is 1. The zero-order valence-corrected chi connectivity index (χ0v) is 18.0. The summed E-state index contributed by atoms with van der Waals surface area (Å²) in [4.78, 5) is 24.5. The maximum absolute atomic E-state index is 11.6. The van der Waals surface area contributed by atoms with E-state index in [1.54, 1.807) is 31.5 Å². The Morgan fingerprint density at radius 2 is 1.97 bits per heavy atom. The summed E-state index contributed by atoms with van der Waals surface area (Å²) in [7, 11) is 0. The van der Waals surface area contributed by atoms with Gasteiger partial charge in [0.05, 0.1) is 17.6 Å². The summed E-state index contributed by atoms with van der Waals surface area (Å²) in [6, 6.07) is 10.9. The predicted octanol–water partition coefficient (Wildman–Crippen LogP) is 3.25. The molecule has 0 spiro atoms. The average Bonchev–Trinajstić information content (AvgIpc) is 3.51. The van der Waals surface area contributed by atoms with Crippen LogP contribution in [0.25, 0.3) is 23.0 Å². The maximum atomic E-state index is 11.6. The van der Waals surface area contributed by atoms with Gasteiger partial charge >= 0.3 is 0 Å². The first-order valence-electron chi connectivity index (χ1n) is 10.0. The van der Waals surface area contributed by atoms with Crippen LogP contribution < -0.4 is 5.32 Å². The van der Waals surface area contributed by atoms with Crippen molar-refractivity contribution in [1.29, 1.82) is 5.26 Å². The highest BCUT2D eigenvalue weighted by Crippen LogP contribution is 2.31. The fraction of sp³-hybridized carbons (Fsp3) is 0.0952. The van der Waals surface area contributed by atoms with Gasteiger partial charge in [-0.05, 0) is 25.1 Å². The standard InChI is InChI=1S/C21H16N12O/c1-12-17(28-29-19-14(10-22)11-25-32(19)21-23-8-5-9-24-21)20-27-18(31-33(20)30-12)15-6-3-4-7-16(15)26-13(2)34/h3-9,11,30H,1-2H3,(H,26,34). The third kappa shape index (κ3) is 3.65. The second-order valence-electron chi connectivity index (χ2n) is 7.14. The molecule has 0 saturated heterocycles. The zero-order chi connectivity index (χ0) is 23.7. The summed E-state index contributed by atoms with van der Waals surface area (Å²) < 4.78 is 2.81. The minimum absolute atomic E-state index is 0.184. The van der Waals surface area contributed by atoms with E-state index in [4.69, 9.17) is 0 Å². The molecule has 0 aliphatic rings. The van der Waals surface area contributed by atoms with Crippen LogP contribution in [0.15, 0.2) is 59.2 Å². The number of azo groups is 1. The van der Waals surface area contributed by atoms with Crippen LogP contribution in [-0.2, 0) is 4.79 Å². The van der Waals surface area contributed by atoms with Crippen molar-refractivity contribution in [1.82, 2.24) is 39.6 Å². The molecule has 2 N–H and O–H groups in total. The Labute approximate surface area is 191 Å². The number of hydrogen-bond donors (Lipinski definition) is 2. The Balaban J connectivity index is 1.57. The van der Waals surface area contributed by atoms with E-state index in [0.717, 1.165) is 0 Å². The lowest BCUT2D eigenvalue weighted by Gasteiger charge is -2.06. The van der Waals surface area contributed by atoms with Gasteiger partial charge in [0, 0.05) is 24.9 Å². The molecule has 5 rings (SSSR count). The van der Waals surface area contributed by atoms with Gasteiger partial charge in [0.1, 0.15) is 11.6 Å². The number of nitriles is 1. The second kappa shape index (κ2) is 8.36. The number of para-hydroxylation sites is 1. The van der Waals surface area contributed by atoms with Gasteiger partial charge in [-0.25, -0.2) is 15.0 Å². The molecule has 4 heterocycles. The first kappa shape index (κ1) is 20.6. The monoisotopic (exact) mass is 452 g/mol. The van der Waals surface area contributed by atoms with Crippen molar-refractivity contribution in [3.05, 3.63) is 60.2 Å². The minimum Gasteiger partial charge on any atom is -0.326 e. The summed E-state index contributed by atoms with van der Waals surface area (Å²) >= 11 is 0. The van der Waals surface area contributed by atoms with Gasteiger partial charge < -0.3 is 5.32 Å². The highest BCUT2D eigenvalue weighted by Gasteiger charge is 2.18. The summed E-state index contributed by atoms with van der Waals surface area (Å²) in [5.74, 6) is 0.638. The quantitative estimate of drug-likeness (QED) is 0.386. The lowest BCUT2D eigenvalue weighted by Crippen LogP contribution is -2.07. The van der Waals surface area contributed by atoms with E-state index < -0.39 is 0 Å². The number of hydrogen-bond acceptors (Lipinski definition) is 9. The molecule has 13 heteroatoms. The van der Waals surface area contributed by atoms with Crippen molar-refractivity contribution in [3.63, 3.8) is 0 Å². The van der Waals surface area contributed by atoms with E-state index >= 15 is 0 Å². The van der Waals surface area contributed by atoms with Crippen molar-refractivity contribution in [2.24, 2.45) is 10.2 Å². The zero-order valence-electron chi connectivity index (χ0n) is 18.0. The number of aromatic amines is 1. The fourth-order valence-corrected chi connectivity index (χ4v) is 3.29. The molecule has 166 valence electrons. The molecule has 1 aromatic carbocycles. The molecule has 34 heavy (non-hydrogen) atoms. The highest BCUT2D eigenvalue weighted by atomic mass is 16.1. The van der Waals surface area contributed by atoms with Crippen LogP contribution in [0.3, 0.4) is 0 Å². The van der Waals surface area contributed by atoms with Gasteiger partial charge in [-0.2, -0.15) is 19.7 Å². The number of fused-ring (bicyclic) bond motifs is 1. The van der Waals surface area contributed by atoms with E-state index in [-0.39, 0.29) is 23.2 Å². The Morgan fingerprint density at radius 3 is 2.74 bits per heavy atom. The van der Waals surface area contributed by atoms with Gasteiger partial charge in [-0.1, -0.05) is 12.1 Å². The number of carbonyl (C=O) groups excluding carboxylic acids is 1. The Bertz CT molecular complexity index is 1590. The molecule has 0 unspecified atom stereocenters. The normalized spacial score (nSPS) is 11.2. The molecule has 0 fully saturated rings. The summed E-state index contributed by atoms with van der Waals surface area (Å²) in [6.07, 6.45) is 4.50. The Morgan fingerprint density at radius 1 is 1.18 bits per heavy atom. The molecule has 0 saturated carbocycles. The van der Waals surface area contributed by atoms with Crippen molar-refractivity contribution in [2.45, 2.75) is 13.8 Å². The number of amides is 1. The van der Waals surface area contributed by atoms with Gasteiger partial charge in [-0.15, -0.1) is 15.3 Å². The number of nitrogens with zero attached hydrogens (tertiary/aromatic N) is 10. The number of anilines is 1. The average molecular weight is 452 g/mol. The molecule has 0 aliphatic carbocycles. The van der Waals surface area contributed by atoms with Crippen LogP contribution >= 0.6 is 0 Å². The van der Waals surface area contributed by atoms with Gasteiger partial charge in [-0.3, -0.25) is 9.89 Å². The molecule has 0 atom stereocenters. The van der Waals surface area contributed by atoms with Gasteiger partial charge in [0.25, 0.3) is 5.95 Å². The lowest BCUT2D eigenvalue weighted by molar-refractivity contribution is -0.114. The summed E-state index contributed by atoms with van der Waals surface area (Å²) in [5, 5.41) is 32.6. The smallest absolute Gasteiger partial charge is 0.252 e. The lowest BCUT2D eigenvalue weighted by atomic mass is 10.1. The molecule has 13 nitrogen and oxygen atoms in total. The topological polar surface area (TPSA) is 167 Å². The van der Waals surface area contributed by atoms with Crippen molar-refractivity contribution in [2.75, 3.05) is 5.32 Å². The second-order valence-corrected chi connectivity index (χ2v) is 7.14. The van der Waals surface area contributed by atoms with Crippen molar-refractivity contribution >= 4 is 28.7 Å². The molecular formula is C21H16N12O. The van der Waals surface area contributed by atoms with Crippen molar-refractivity contribution in [3.8, 4) is 23.4 Å². The number of rotatable bonds is 5. The summed E-state index contributed by atoms with van der Waals surface area (Å²) in [6.45, 7) is 3.24. The van der Waals surface area contributed by atoms with E-state index in [0.29, 0.717) is 34.1 Å². The molecular weight excluding hydrogens is 436 g/mol. The largest absolute Gasteiger partial charge is 0.326 e. The number of carbonyl (C=O) groups is 1. The predicted molar refractivity (Wildman–Crippen MR) is 120 cm³/mol. The number of benzene rings is 1. The van der Waals surface area contributed by atoms with Crippen LogP contribution in [-0.4, -0.2) is 45.5 Å². The van der Waals surface area contributed by atoms with Crippen LogP contribution in [0.5, 0.6) is 0 Å². The van der Waals surface area contributed by atoms with E-state index in [2.05, 4.69) is 45.8 Å². The molecule has 5 aromatic rings. The molecule has 0 bridgehead atoms. The first-order chi connectivity index (χ1) is 16.5. The number of H-pyrrole nitrogens is 1. The van der Waals surface area contributed by atoms with Crippen LogP contribution in [0.4, 0.5) is 17.2 Å². The number of nitrogens with one attached hydrogen (secondary N) is 2. The van der Waals surface area contributed by atoms with E-state index in [1.165, 1.54) is 22.4 Å². The molecule has 0 radical (unpaired) electrons.